The van der Waals surface area contributed by atoms with Gasteiger partial charge in [0.25, 0.3) is 0 Å². The monoisotopic (exact) mass is 1230 g/mol. The van der Waals surface area contributed by atoms with Gasteiger partial charge in [-0.2, -0.15) is 0 Å². The Bertz CT molecular complexity index is 1070. The molecule has 0 amide bonds. The summed E-state index contributed by atoms with van der Waals surface area (Å²) in [5, 5.41) is 23.1. The summed E-state index contributed by atoms with van der Waals surface area (Å²) >= 11 is 0. The van der Waals surface area contributed by atoms with E-state index >= 15 is 0 Å². The molecule has 2 unspecified atom stereocenters. The molecule has 0 heterocycles. The Morgan fingerprint density at radius 2 is 0.306 bits per heavy atom. The van der Waals surface area contributed by atoms with Gasteiger partial charge in [-0.15, -0.1) is 0 Å². The molecule has 0 aliphatic heterocycles. The molecule has 2 atom stereocenters. The Hall–Kier alpha value is 0.120. The number of nitrogens with zero attached hydrogens (tertiary/aromatic N) is 2. The smallest absolute Gasteiger partial charge is 0.548 e. The number of carboxylic acids is 2. The van der Waals surface area contributed by atoms with Crippen molar-refractivity contribution in [1.82, 2.24) is 9.80 Å². The van der Waals surface area contributed by atoms with E-state index in [-0.39, 0.29) is 37.7 Å². The molecule has 0 spiro atoms. The molecule has 0 N–H and O–H groups in total. The zero-order valence-electron chi connectivity index (χ0n) is 59.5. The second-order valence-electron chi connectivity index (χ2n) is 27.3. The van der Waals surface area contributed by atoms with Crippen LogP contribution in [0.1, 0.15) is 452 Å². The number of carboxylic acid groups (broad SMARTS) is 2. The molecule has 0 aromatic carbocycles. The summed E-state index contributed by atoms with van der Waals surface area (Å²) in [6, 6.07) is -0.921. The number of hydrogen-bond acceptors (Lipinski definition) is 6. The van der Waals surface area contributed by atoms with Crippen molar-refractivity contribution in [2.24, 2.45) is 0 Å². The van der Waals surface area contributed by atoms with Crippen LogP contribution in [-0.4, -0.2) is 97.7 Å². The summed E-state index contributed by atoms with van der Waals surface area (Å²) in [6.07, 6.45) is 87.9. The fourth-order valence-corrected chi connectivity index (χ4v) is 12.7. The van der Waals surface area contributed by atoms with E-state index in [1.54, 1.807) is 0 Å². The molecule has 0 saturated heterocycles. The van der Waals surface area contributed by atoms with Crippen LogP contribution in [0.2, 0.25) is 0 Å². The molecule has 0 aliphatic rings. The van der Waals surface area contributed by atoms with E-state index in [4.69, 9.17) is 0 Å². The predicted molar refractivity (Wildman–Crippen MR) is 376 cm³/mol. The van der Waals surface area contributed by atoms with Crippen LogP contribution in [0.15, 0.2) is 0 Å². The van der Waals surface area contributed by atoms with Gasteiger partial charge in [-0.25, -0.2) is 0 Å². The van der Waals surface area contributed by atoms with Gasteiger partial charge in [-0.05, 0) is 65.7 Å². The maximum Gasteiger partial charge on any atom is 2.00 e. The van der Waals surface area contributed by atoms with Gasteiger partial charge in [-0.1, -0.05) is 413 Å². The zero-order valence-corrected chi connectivity index (χ0v) is 61.7. The molecule has 0 saturated carbocycles. The average molecular weight is 1230 g/mol. The first-order chi connectivity index (χ1) is 41.3. The maximum absolute atomic E-state index is 11.5. The Kier molecular flexibility index (Phi) is 82.3. The van der Waals surface area contributed by atoms with Crippen LogP contribution in [0, 0.1) is 0 Å². The summed E-state index contributed by atoms with van der Waals surface area (Å²) in [5.74, 6) is -1.83. The summed E-state index contributed by atoms with van der Waals surface area (Å²) in [6.45, 7) is 16.4. The van der Waals surface area contributed by atoms with E-state index in [9.17, 15) is 19.8 Å². The molecule has 6 nitrogen and oxygen atoms in total. The predicted octanol–water partition coefficient (Wildman–Crippen LogP) is 23.5. The molecular formula is C78H156CaN2O4. The second-order valence-corrected chi connectivity index (χ2v) is 27.3. The summed E-state index contributed by atoms with van der Waals surface area (Å²) in [5.41, 5.74) is 0. The summed E-state index contributed by atoms with van der Waals surface area (Å²) in [4.78, 5) is 27.4. The standard InChI is InChI=1S/2C39H79NO2.Ca/c2*1-4-6-8-10-12-14-16-18-20-22-24-26-28-30-32-34-36-40(38(3)39(41)42)37-35-33-31-29-27-25-23-21-19-17-15-13-11-9-7-5-2;/h2*38H,4-37H2,1-3H3,(H,41,42);/q;;+2/p-2. The molecule has 0 aliphatic carbocycles. The van der Waals surface area contributed by atoms with Crippen molar-refractivity contribution in [3.05, 3.63) is 0 Å². The van der Waals surface area contributed by atoms with E-state index < -0.39 is 24.0 Å². The van der Waals surface area contributed by atoms with Gasteiger partial charge in [-0.3, -0.25) is 9.80 Å². The van der Waals surface area contributed by atoms with Crippen molar-refractivity contribution >= 4 is 49.7 Å². The molecule has 85 heavy (non-hydrogen) atoms. The van der Waals surface area contributed by atoms with Gasteiger partial charge in [0.15, 0.2) is 0 Å². The van der Waals surface area contributed by atoms with Gasteiger partial charge >= 0.3 is 37.7 Å². The maximum atomic E-state index is 11.5. The molecule has 0 bridgehead atoms. The number of carbonyl (C=O) groups is 2. The van der Waals surface area contributed by atoms with E-state index in [2.05, 4.69) is 37.5 Å². The molecular weight excluding hydrogens is 1070 g/mol. The van der Waals surface area contributed by atoms with Crippen LogP contribution in [0.25, 0.3) is 0 Å². The molecule has 7 heteroatoms. The van der Waals surface area contributed by atoms with Crippen LogP contribution in [0.3, 0.4) is 0 Å². The van der Waals surface area contributed by atoms with Gasteiger partial charge in [0, 0.05) is 12.1 Å². The third-order valence-corrected chi connectivity index (χ3v) is 19.0. The van der Waals surface area contributed by atoms with Crippen molar-refractivity contribution in [2.75, 3.05) is 26.2 Å². The zero-order chi connectivity index (χ0) is 61.5. The summed E-state index contributed by atoms with van der Waals surface area (Å²) < 4.78 is 0. The molecule has 0 rings (SSSR count). The number of carbonyl (C=O) groups excluding carboxylic acids is 2. The average Bonchev–Trinajstić information content (AvgIpc) is 3.52. The van der Waals surface area contributed by atoms with Crippen LogP contribution in [0.5, 0.6) is 0 Å². The van der Waals surface area contributed by atoms with Crippen molar-refractivity contribution in [3.63, 3.8) is 0 Å². The fraction of sp³-hybridized carbons (Fsp3) is 0.974. The minimum absolute atomic E-state index is 0. The second kappa shape index (κ2) is 78.4. The van der Waals surface area contributed by atoms with Gasteiger partial charge in [0.1, 0.15) is 0 Å². The third kappa shape index (κ3) is 73.1. The first-order valence-electron chi connectivity index (χ1n) is 39.2. The van der Waals surface area contributed by atoms with E-state index in [0.29, 0.717) is 0 Å². The van der Waals surface area contributed by atoms with E-state index in [1.807, 2.05) is 13.8 Å². The normalized spacial score (nSPS) is 12.2. The van der Waals surface area contributed by atoms with Crippen LogP contribution in [-0.2, 0) is 9.59 Å². The van der Waals surface area contributed by atoms with E-state index in [1.165, 1.54) is 385 Å². The van der Waals surface area contributed by atoms with Gasteiger partial charge < -0.3 is 19.8 Å². The quantitative estimate of drug-likeness (QED) is 0.0445. The number of unbranched alkanes of at least 4 members (excludes halogenated alkanes) is 60. The Morgan fingerprint density at radius 3 is 0.400 bits per heavy atom. The Morgan fingerprint density at radius 1 is 0.212 bits per heavy atom. The van der Waals surface area contributed by atoms with Gasteiger partial charge in [0.2, 0.25) is 0 Å². The topological polar surface area (TPSA) is 86.7 Å². The fourth-order valence-electron chi connectivity index (χ4n) is 12.7. The minimum atomic E-state index is -0.914. The van der Waals surface area contributed by atoms with Crippen molar-refractivity contribution in [2.45, 2.75) is 465 Å². The van der Waals surface area contributed by atoms with E-state index in [0.717, 1.165) is 51.9 Å². The number of aliphatic carboxylic acids is 2. The van der Waals surface area contributed by atoms with Crippen molar-refractivity contribution < 1.29 is 19.8 Å². The Labute approximate surface area is 565 Å². The number of rotatable bonds is 72. The van der Waals surface area contributed by atoms with Crippen LogP contribution >= 0.6 is 0 Å². The largest absolute Gasteiger partial charge is 2.00 e. The molecule has 0 fully saturated rings. The van der Waals surface area contributed by atoms with Crippen molar-refractivity contribution in [3.8, 4) is 0 Å². The molecule has 0 aromatic rings. The SMILES string of the molecule is CCCCCCCCCCCCCCCCCCN(CCCCCCCCCCCCCCCCCC)C(C)C(=O)[O-].CCCCCCCCCCCCCCCCCCN(CCCCCCCCCCCCCCCCCC)C(C)C(=O)[O-].[Ca+2]. The molecule has 0 radical (unpaired) electrons. The Balaban J connectivity index is -0.00000156. The first-order valence-corrected chi connectivity index (χ1v) is 39.2. The van der Waals surface area contributed by atoms with Gasteiger partial charge in [0.05, 0.1) is 11.9 Å². The van der Waals surface area contributed by atoms with Crippen molar-refractivity contribution in [1.29, 1.82) is 0 Å². The third-order valence-electron chi connectivity index (χ3n) is 19.0. The number of hydrogen-bond donors (Lipinski definition) is 0. The van der Waals surface area contributed by atoms with Crippen LogP contribution in [0.4, 0.5) is 0 Å². The minimum Gasteiger partial charge on any atom is -0.548 e. The summed E-state index contributed by atoms with van der Waals surface area (Å²) in [7, 11) is 0. The van der Waals surface area contributed by atoms with Crippen LogP contribution < -0.4 is 10.2 Å². The first kappa shape index (κ1) is 89.3. The molecule has 504 valence electrons. The molecule has 0 aromatic heterocycles.